The molecule has 0 spiro atoms. The largest absolute Gasteiger partial charge is 0.304 e. The number of benzene rings is 1. The maximum Gasteiger partial charge on any atom is 0.163 e. The van der Waals surface area contributed by atoms with E-state index in [1.807, 2.05) is 20.2 Å². The van der Waals surface area contributed by atoms with Crippen LogP contribution >= 0.6 is 0 Å². The van der Waals surface area contributed by atoms with Crippen molar-refractivity contribution in [3.8, 4) is 0 Å². The third-order valence-electron chi connectivity index (χ3n) is 4.28. The van der Waals surface area contributed by atoms with E-state index in [0.717, 1.165) is 43.5 Å². The van der Waals surface area contributed by atoms with Crippen molar-refractivity contribution in [1.82, 2.24) is 19.8 Å². The van der Waals surface area contributed by atoms with Crippen LogP contribution in [0.5, 0.6) is 0 Å². The van der Waals surface area contributed by atoms with E-state index in [0.29, 0.717) is 12.1 Å². The molecule has 0 radical (unpaired) electrons. The summed E-state index contributed by atoms with van der Waals surface area (Å²) in [5, 5.41) is 0. The number of nitrogens with zero attached hydrogens (tertiary/aromatic N) is 4. The smallest absolute Gasteiger partial charge is 0.163 e. The summed E-state index contributed by atoms with van der Waals surface area (Å²) in [4.78, 5) is 13.3. The maximum atomic E-state index is 14.0. The lowest BCUT2D eigenvalue weighted by molar-refractivity contribution is 0.235. The van der Waals surface area contributed by atoms with Gasteiger partial charge in [-0.05, 0) is 45.6 Å². The van der Waals surface area contributed by atoms with Crippen LogP contribution in [-0.4, -0.2) is 40.4 Å². The summed E-state index contributed by atoms with van der Waals surface area (Å²) in [5.74, 6) is -0.790. The van der Waals surface area contributed by atoms with Crippen LogP contribution in [0.2, 0.25) is 0 Å². The second-order valence-corrected chi connectivity index (χ2v) is 6.49. The fourth-order valence-corrected chi connectivity index (χ4v) is 3.18. The van der Waals surface area contributed by atoms with Gasteiger partial charge in [0.2, 0.25) is 0 Å². The van der Waals surface area contributed by atoms with Crippen LogP contribution in [0, 0.1) is 11.6 Å². The van der Waals surface area contributed by atoms with Crippen molar-refractivity contribution in [3.63, 3.8) is 0 Å². The van der Waals surface area contributed by atoms with Gasteiger partial charge < -0.3 is 4.90 Å². The van der Waals surface area contributed by atoms with Gasteiger partial charge >= 0.3 is 0 Å². The first kappa shape index (κ1) is 16.9. The standard InChI is InChI=1S/C18H22F2N4/c1-23(2)12-14-8-9-21-18(22-14)16-7-4-10-24(16)11-13-5-3-6-15(19)17(13)20/h3,5-6,8-9,16H,4,7,10-12H2,1-2H3. The average molecular weight is 332 g/mol. The van der Waals surface area contributed by atoms with E-state index in [1.54, 1.807) is 18.3 Å². The van der Waals surface area contributed by atoms with Crippen molar-refractivity contribution >= 4 is 0 Å². The van der Waals surface area contributed by atoms with Crippen molar-refractivity contribution in [2.45, 2.75) is 32.0 Å². The topological polar surface area (TPSA) is 32.3 Å². The number of hydrogen-bond donors (Lipinski definition) is 0. The minimum Gasteiger partial charge on any atom is -0.304 e. The fraction of sp³-hybridized carbons (Fsp3) is 0.444. The molecule has 0 bridgehead atoms. The third kappa shape index (κ3) is 3.76. The summed E-state index contributed by atoms with van der Waals surface area (Å²) in [6.07, 6.45) is 3.71. The predicted octanol–water partition coefficient (Wildman–Crippen LogP) is 3.15. The summed E-state index contributed by atoms with van der Waals surface area (Å²) in [5.41, 5.74) is 1.35. The summed E-state index contributed by atoms with van der Waals surface area (Å²) in [6.45, 7) is 1.96. The first-order chi connectivity index (χ1) is 11.5. The molecule has 3 rings (SSSR count). The molecule has 1 saturated heterocycles. The molecule has 128 valence electrons. The molecule has 1 aromatic heterocycles. The fourth-order valence-electron chi connectivity index (χ4n) is 3.18. The Kier molecular flexibility index (Phi) is 5.16. The zero-order valence-corrected chi connectivity index (χ0v) is 14.0. The van der Waals surface area contributed by atoms with Crippen molar-refractivity contribution in [2.24, 2.45) is 0 Å². The molecule has 1 unspecified atom stereocenters. The van der Waals surface area contributed by atoms with Crippen molar-refractivity contribution in [3.05, 3.63) is 59.2 Å². The van der Waals surface area contributed by atoms with E-state index in [9.17, 15) is 8.78 Å². The van der Waals surface area contributed by atoms with Crippen LogP contribution in [0.4, 0.5) is 8.78 Å². The molecule has 0 amide bonds. The van der Waals surface area contributed by atoms with Crippen LogP contribution in [0.25, 0.3) is 0 Å². The normalized spacial score (nSPS) is 18.5. The number of hydrogen-bond acceptors (Lipinski definition) is 4. The number of aromatic nitrogens is 2. The molecule has 4 nitrogen and oxygen atoms in total. The van der Waals surface area contributed by atoms with Gasteiger partial charge in [0.15, 0.2) is 11.6 Å². The van der Waals surface area contributed by atoms with Gasteiger partial charge in [-0.1, -0.05) is 12.1 Å². The Morgan fingerprint density at radius 1 is 1.25 bits per heavy atom. The highest BCUT2D eigenvalue weighted by Gasteiger charge is 2.29. The highest BCUT2D eigenvalue weighted by atomic mass is 19.2. The van der Waals surface area contributed by atoms with Crippen LogP contribution in [0.1, 0.15) is 36.0 Å². The van der Waals surface area contributed by atoms with Crippen molar-refractivity contribution in [2.75, 3.05) is 20.6 Å². The van der Waals surface area contributed by atoms with Gasteiger partial charge in [-0.25, -0.2) is 18.7 Å². The SMILES string of the molecule is CN(C)Cc1ccnc(C2CCCN2Cc2cccc(F)c2F)n1. The van der Waals surface area contributed by atoms with Crippen molar-refractivity contribution < 1.29 is 8.78 Å². The Bertz CT molecular complexity index is 705. The van der Waals surface area contributed by atoms with E-state index in [-0.39, 0.29) is 6.04 Å². The van der Waals surface area contributed by atoms with Crippen molar-refractivity contribution in [1.29, 1.82) is 0 Å². The van der Waals surface area contributed by atoms with Gasteiger partial charge in [0.1, 0.15) is 5.82 Å². The van der Waals surface area contributed by atoms with Crippen LogP contribution in [0.15, 0.2) is 30.5 Å². The number of likely N-dealkylation sites (tertiary alicyclic amines) is 1. The molecule has 1 atom stereocenters. The quantitative estimate of drug-likeness (QED) is 0.842. The Morgan fingerprint density at radius 3 is 2.88 bits per heavy atom. The molecule has 2 aromatic rings. The first-order valence-corrected chi connectivity index (χ1v) is 8.18. The average Bonchev–Trinajstić information content (AvgIpc) is 3.00. The molecule has 2 heterocycles. The molecular weight excluding hydrogens is 310 g/mol. The summed E-state index contributed by atoms with van der Waals surface area (Å²) >= 11 is 0. The second kappa shape index (κ2) is 7.32. The molecule has 1 aromatic carbocycles. The zero-order valence-electron chi connectivity index (χ0n) is 14.0. The third-order valence-corrected chi connectivity index (χ3v) is 4.28. The van der Waals surface area contributed by atoms with E-state index in [1.165, 1.54) is 0 Å². The molecule has 0 N–H and O–H groups in total. The van der Waals surface area contributed by atoms with E-state index >= 15 is 0 Å². The molecule has 1 aliphatic rings. The van der Waals surface area contributed by atoms with Crippen LogP contribution in [0.3, 0.4) is 0 Å². The number of halogens is 2. The van der Waals surface area contributed by atoms with E-state index in [4.69, 9.17) is 0 Å². The summed E-state index contributed by atoms with van der Waals surface area (Å²) < 4.78 is 27.4. The van der Waals surface area contributed by atoms with Gasteiger partial charge in [-0.3, -0.25) is 4.90 Å². The van der Waals surface area contributed by atoms with Crippen LogP contribution < -0.4 is 0 Å². The minimum atomic E-state index is -0.799. The Hall–Kier alpha value is -1.92. The zero-order chi connectivity index (χ0) is 17.1. The number of rotatable bonds is 5. The molecule has 0 saturated carbocycles. The van der Waals surface area contributed by atoms with Gasteiger partial charge in [0.05, 0.1) is 11.7 Å². The maximum absolute atomic E-state index is 14.0. The lowest BCUT2D eigenvalue weighted by Gasteiger charge is -2.24. The summed E-state index contributed by atoms with van der Waals surface area (Å²) in [6, 6.07) is 6.29. The Labute approximate surface area is 141 Å². The first-order valence-electron chi connectivity index (χ1n) is 8.18. The lowest BCUT2D eigenvalue weighted by atomic mass is 10.1. The lowest BCUT2D eigenvalue weighted by Crippen LogP contribution is -2.25. The highest BCUT2D eigenvalue weighted by Crippen LogP contribution is 2.31. The van der Waals surface area contributed by atoms with Gasteiger partial charge in [-0.15, -0.1) is 0 Å². The minimum absolute atomic E-state index is 0.0507. The predicted molar refractivity (Wildman–Crippen MR) is 88.2 cm³/mol. The molecule has 1 aliphatic heterocycles. The second-order valence-electron chi connectivity index (χ2n) is 6.49. The Balaban J connectivity index is 1.79. The highest BCUT2D eigenvalue weighted by molar-refractivity contribution is 5.19. The molecule has 6 heteroatoms. The molecule has 1 fully saturated rings. The van der Waals surface area contributed by atoms with Gasteiger partial charge in [0.25, 0.3) is 0 Å². The molecule has 0 aliphatic carbocycles. The van der Waals surface area contributed by atoms with Gasteiger partial charge in [0, 0.05) is 24.8 Å². The van der Waals surface area contributed by atoms with E-state index < -0.39 is 11.6 Å². The Morgan fingerprint density at radius 2 is 2.08 bits per heavy atom. The van der Waals surface area contributed by atoms with Gasteiger partial charge in [-0.2, -0.15) is 0 Å². The monoisotopic (exact) mass is 332 g/mol. The van der Waals surface area contributed by atoms with E-state index in [2.05, 4.69) is 19.8 Å². The van der Waals surface area contributed by atoms with Crippen LogP contribution in [-0.2, 0) is 13.1 Å². The molecule has 24 heavy (non-hydrogen) atoms. The molecular formula is C18H22F2N4. The summed E-state index contributed by atoms with van der Waals surface area (Å²) in [7, 11) is 3.99.